The van der Waals surface area contributed by atoms with Crippen LogP contribution in [0.15, 0.2) is 58.1 Å². The fourth-order valence-corrected chi connectivity index (χ4v) is 2.56. The van der Waals surface area contributed by atoms with E-state index in [1.807, 2.05) is 18.2 Å². The third-order valence-electron chi connectivity index (χ3n) is 2.69. The highest BCUT2D eigenvalue weighted by Gasteiger charge is 2.11. The van der Waals surface area contributed by atoms with Crippen LogP contribution < -0.4 is 4.73 Å². The van der Waals surface area contributed by atoms with E-state index < -0.39 is 0 Å². The van der Waals surface area contributed by atoms with Crippen molar-refractivity contribution in [1.82, 2.24) is 10.2 Å². The molecule has 2 heterocycles. The number of aromatic nitrogens is 3. The Morgan fingerprint density at radius 1 is 1.14 bits per heavy atom. The predicted octanol–water partition coefficient (Wildman–Crippen LogP) is 3.32. The summed E-state index contributed by atoms with van der Waals surface area (Å²) < 4.78 is 6.38. The molecule has 3 rings (SSSR count). The van der Waals surface area contributed by atoms with Gasteiger partial charge in [-0.3, -0.25) is 0 Å². The summed E-state index contributed by atoms with van der Waals surface area (Å²) in [6.07, 6.45) is 1.45. The first-order valence-corrected chi connectivity index (χ1v) is 7.48. The SMILES string of the molecule is [O-][n+]1ccccc1SCc1nnc(-c2ccc(Cl)cc2)o1. The van der Waals surface area contributed by atoms with Crippen molar-refractivity contribution in [3.8, 4) is 11.5 Å². The van der Waals surface area contributed by atoms with Crippen molar-refractivity contribution in [1.29, 1.82) is 0 Å². The van der Waals surface area contributed by atoms with E-state index in [1.54, 1.807) is 24.3 Å². The van der Waals surface area contributed by atoms with Crippen molar-refractivity contribution in [2.45, 2.75) is 10.8 Å². The highest BCUT2D eigenvalue weighted by Crippen LogP contribution is 2.23. The van der Waals surface area contributed by atoms with Gasteiger partial charge >= 0.3 is 0 Å². The molecule has 0 atom stereocenters. The first kappa shape index (κ1) is 13.9. The van der Waals surface area contributed by atoms with Gasteiger partial charge in [0, 0.05) is 22.7 Å². The zero-order valence-electron chi connectivity index (χ0n) is 10.8. The highest BCUT2D eigenvalue weighted by atomic mass is 35.5. The molecule has 0 amide bonds. The minimum Gasteiger partial charge on any atom is -0.618 e. The van der Waals surface area contributed by atoms with Crippen molar-refractivity contribution in [3.05, 3.63) is 64.8 Å². The fourth-order valence-electron chi connectivity index (χ4n) is 1.68. The van der Waals surface area contributed by atoms with E-state index in [-0.39, 0.29) is 0 Å². The van der Waals surface area contributed by atoms with Gasteiger partial charge in [0.25, 0.3) is 5.03 Å². The Hall–Kier alpha value is -2.05. The predicted molar refractivity (Wildman–Crippen MR) is 79.7 cm³/mol. The summed E-state index contributed by atoms with van der Waals surface area (Å²) in [5.41, 5.74) is 0.807. The number of rotatable bonds is 4. The minimum absolute atomic E-state index is 0.435. The van der Waals surface area contributed by atoms with Gasteiger partial charge in [0.15, 0.2) is 6.20 Å². The largest absolute Gasteiger partial charge is 0.618 e. The molecule has 0 N–H and O–H groups in total. The number of hydrogen-bond donors (Lipinski definition) is 0. The van der Waals surface area contributed by atoms with Crippen LogP contribution in [0.3, 0.4) is 0 Å². The third-order valence-corrected chi connectivity index (χ3v) is 3.95. The van der Waals surface area contributed by atoms with Crippen LogP contribution in [0.25, 0.3) is 11.5 Å². The van der Waals surface area contributed by atoms with E-state index in [1.165, 1.54) is 18.0 Å². The summed E-state index contributed by atoms with van der Waals surface area (Å²) in [7, 11) is 0. The number of thioether (sulfide) groups is 1. The average molecular weight is 320 g/mol. The second-order valence-corrected chi connectivity index (χ2v) is 5.59. The van der Waals surface area contributed by atoms with E-state index in [2.05, 4.69) is 10.2 Å². The smallest absolute Gasteiger partial charge is 0.251 e. The monoisotopic (exact) mass is 319 g/mol. The lowest BCUT2D eigenvalue weighted by Crippen LogP contribution is -2.27. The van der Waals surface area contributed by atoms with Gasteiger partial charge in [0.2, 0.25) is 11.8 Å². The molecule has 3 aromatic rings. The minimum atomic E-state index is 0.435. The molecule has 0 fully saturated rings. The number of benzene rings is 1. The molecule has 0 aliphatic heterocycles. The van der Waals surface area contributed by atoms with E-state index in [9.17, 15) is 5.21 Å². The summed E-state index contributed by atoms with van der Waals surface area (Å²) in [6, 6.07) is 12.4. The number of hydrogen-bond acceptors (Lipinski definition) is 5. The fraction of sp³-hybridized carbons (Fsp3) is 0.0714. The van der Waals surface area contributed by atoms with E-state index >= 15 is 0 Å². The van der Waals surface area contributed by atoms with Crippen LogP contribution in [0.2, 0.25) is 5.02 Å². The Balaban J connectivity index is 1.71. The first-order valence-electron chi connectivity index (χ1n) is 6.12. The lowest BCUT2D eigenvalue weighted by atomic mass is 10.2. The molecule has 0 bridgehead atoms. The van der Waals surface area contributed by atoms with E-state index in [0.29, 0.717) is 27.6 Å². The van der Waals surface area contributed by atoms with Crippen molar-refractivity contribution in [3.63, 3.8) is 0 Å². The second kappa shape index (κ2) is 6.15. The van der Waals surface area contributed by atoms with Crippen molar-refractivity contribution >= 4 is 23.4 Å². The Morgan fingerprint density at radius 2 is 1.95 bits per heavy atom. The summed E-state index contributed by atoms with van der Waals surface area (Å²) in [6.45, 7) is 0. The van der Waals surface area contributed by atoms with Gasteiger partial charge < -0.3 is 9.62 Å². The quantitative estimate of drug-likeness (QED) is 0.419. The van der Waals surface area contributed by atoms with E-state index in [0.717, 1.165) is 10.3 Å². The molecule has 5 nitrogen and oxygen atoms in total. The number of nitrogens with zero attached hydrogens (tertiary/aromatic N) is 3. The zero-order valence-corrected chi connectivity index (χ0v) is 12.3. The van der Waals surface area contributed by atoms with Crippen LogP contribution in [-0.2, 0) is 5.75 Å². The first-order chi connectivity index (χ1) is 10.2. The summed E-state index contributed by atoms with van der Waals surface area (Å²) in [5, 5.41) is 20.7. The van der Waals surface area contributed by atoms with Crippen LogP contribution in [0, 0.1) is 5.21 Å². The van der Waals surface area contributed by atoms with Gasteiger partial charge in [-0.2, -0.15) is 4.73 Å². The summed E-state index contributed by atoms with van der Waals surface area (Å²) in [4.78, 5) is 0. The van der Waals surface area contributed by atoms with Gasteiger partial charge in [-0.15, -0.1) is 10.2 Å². The Kier molecular flexibility index (Phi) is 4.08. The molecular weight excluding hydrogens is 310 g/mol. The van der Waals surface area contributed by atoms with Crippen molar-refractivity contribution < 1.29 is 9.15 Å². The number of pyridine rings is 1. The molecule has 0 spiro atoms. The molecule has 0 unspecified atom stereocenters. The molecule has 0 radical (unpaired) electrons. The number of halogens is 1. The van der Waals surface area contributed by atoms with Crippen LogP contribution in [0.5, 0.6) is 0 Å². The maximum absolute atomic E-state index is 11.5. The molecule has 7 heteroatoms. The Bertz CT molecular complexity index is 746. The van der Waals surface area contributed by atoms with Crippen LogP contribution >= 0.6 is 23.4 Å². The molecule has 1 aromatic carbocycles. The zero-order chi connectivity index (χ0) is 14.7. The van der Waals surface area contributed by atoms with Crippen LogP contribution in [-0.4, -0.2) is 10.2 Å². The maximum Gasteiger partial charge on any atom is 0.251 e. The highest BCUT2D eigenvalue weighted by molar-refractivity contribution is 7.98. The van der Waals surface area contributed by atoms with Gasteiger partial charge in [-0.1, -0.05) is 11.6 Å². The summed E-state index contributed by atoms with van der Waals surface area (Å²) in [5.74, 6) is 1.34. The molecule has 106 valence electrons. The lowest BCUT2D eigenvalue weighted by molar-refractivity contribution is -0.645. The van der Waals surface area contributed by atoms with Gasteiger partial charge in [-0.25, -0.2) is 0 Å². The van der Waals surface area contributed by atoms with Gasteiger partial charge in [0.05, 0.1) is 5.75 Å². The standard InChI is InChI=1S/C14H10ClN3O2S/c15-11-6-4-10(5-7-11)14-17-16-12(20-14)9-21-13-3-1-2-8-18(13)19/h1-8H,9H2. The average Bonchev–Trinajstić information content (AvgIpc) is 2.96. The molecular formula is C14H10ClN3O2S. The van der Waals surface area contributed by atoms with Crippen molar-refractivity contribution in [2.24, 2.45) is 0 Å². The molecule has 0 aliphatic rings. The topological polar surface area (TPSA) is 65.9 Å². The molecule has 0 saturated heterocycles. The summed E-state index contributed by atoms with van der Waals surface area (Å²) >= 11 is 7.18. The van der Waals surface area contributed by atoms with Crippen molar-refractivity contribution in [2.75, 3.05) is 0 Å². The molecule has 2 aromatic heterocycles. The lowest BCUT2D eigenvalue weighted by Gasteiger charge is -2.00. The van der Waals surface area contributed by atoms with Gasteiger partial charge in [0.1, 0.15) is 0 Å². The molecule has 0 aliphatic carbocycles. The van der Waals surface area contributed by atoms with Crippen LogP contribution in [0.1, 0.15) is 5.89 Å². The van der Waals surface area contributed by atoms with Gasteiger partial charge in [-0.05, 0) is 42.1 Å². The normalized spacial score (nSPS) is 10.7. The molecule has 0 saturated carbocycles. The maximum atomic E-state index is 11.5. The molecule has 21 heavy (non-hydrogen) atoms. The van der Waals surface area contributed by atoms with Crippen LogP contribution in [0.4, 0.5) is 0 Å². The van der Waals surface area contributed by atoms with E-state index in [4.69, 9.17) is 16.0 Å². The second-order valence-electron chi connectivity index (χ2n) is 4.16. The third kappa shape index (κ3) is 3.34. The Labute approximate surface area is 130 Å². The Morgan fingerprint density at radius 3 is 2.71 bits per heavy atom.